The van der Waals surface area contributed by atoms with Gasteiger partial charge >= 0.3 is 0 Å². The van der Waals surface area contributed by atoms with Crippen molar-refractivity contribution in [3.05, 3.63) is 94.0 Å². The number of nitrogens with zero attached hydrogens (tertiary/aromatic N) is 4. The number of halogens is 2. The molecule has 0 radical (unpaired) electrons. The van der Waals surface area contributed by atoms with Crippen molar-refractivity contribution in [2.45, 2.75) is 58.5 Å². The second-order valence-electron chi connectivity index (χ2n) is 11.6. The number of fused-ring (bicyclic) bond motifs is 4. The highest BCUT2D eigenvalue weighted by Gasteiger charge is 2.31. The standard InChI is InChI=1S/C32H33ClFN5O2S/c1-19-8-6-9-20(2)29(19)25-15-28-37-31(36-25)38-42-23-11-7-10-21(14-23)30(40)39(22(18-41-28)16-32(3,4)5)17-26-24(34)12-13-27(33)35-26/h6-15,22H,16-18H2,1-5H3,(H,36,37,38)/t22-/m1/s1. The Morgan fingerprint density at radius 1 is 1.05 bits per heavy atom. The lowest BCUT2D eigenvalue weighted by atomic mass is 9.87. The minimum atomic E-state index is -0.530. The monoisotopic (exact) mass is 605 g/mol. The maximum Gasteiger partial charge on any atom is 0.254 e. The van der Waals surface area contributed by atoms with Crippen molar-refractivity contribution in [2.75, 3.05) is 11.3 Å². The molecule has 0 spiro atoms. The van der Waals surface area contributed by atoms with Gasteiger partial charge < -0.3 is 9.64 Å². The summed E-state index contributed by atoms with van der Waals surface area (Å²) in [6.45, 7) is 10.4. The van der Waals surface area contributed by atoms with Gasteiger partial charge in [0, 0.05) is 22.1 Å². The van der Waals surface area contributed by atoms with E-state index in [9.17, 15) is 9.18 Å². The van der Waals surface area contributed by atoms with Gasteiger partial charge in [-0.05, 0) is 79.1 Å². The zero-order valence-electron chi connectivity index (χ0n) is 24.2. The number of carbonyl (C=O) groups is 1. The summed E-state index contributed by atoms with van der Waals surface area (Å²) in [6, 6.07) is 17.4. The summed E-state index contributed by atoms with van der Waals surface area (Å²) in [4.78, 5) is 30.2. The van der Waals surface area contributed by atoms with Gasteiger partial charge in [0.1, 0.15) is 17.6 Å². The predicted molar refractivity (Wildman–Crippen MR) is 165 cm³/mol. The molecule has 1 aliphatic heterocycles. The van der Waals surface area contributed by atoms with Crippen molar-refractivity contribution in [1.29, 1.82) is 0 Å². The second-order valence-corrected chi connectivity index (χ2v) is 12.9. The summed E-state index contributed by atoms with van der Waals surface area (Å²) < 4.78 is 24.5. The molecule has 4 aromatic rings. The summed E-state index contributed by atoms with van der Waals surface area (Å²) in [6.07, 6.45) is 0.579. The molecule has 1 N–H and O–H groups in total. The lowest BCUT2D eigenvalue weighted by molar-refractivity contribution is 0.0506. The van der Waals surface area contributed by atoms with Crippen LogP contribution in [0.4, 0.5) is 10.3 Å². The Bertz CT molecular complexity index is 1610. The van der Waals surface area contributed by atoms with Crippen LogP contribution in [0.3, 0.4) is 0 Å². The van der Waals surface area contributed by atoms with Crippen molar-refractivity contribution in [1.82, 2.24) is 19.9 Å². The molecule has 42 heavy (non-hydrogen) atoms. The number of anilines is 1. The minimum absolute atomic E-state index is 0.0758. The van der Waals surface area contributed by atoms with Gasteiger partial charge in [0.15, 0.2) is 0 Å². The lowest BCUT2D eigenvalue weighted by Gasteiger charge is -2.35. The zero-order valence-corrected chi connectivity index (χ0v) is 25.8. The number of rotatable bonds is 4. The summed E-state index contributed by atoms with van der Waals surface area (Å²) in [5.41, 5.74) is 4.28. The van der Waals surface area contributed by atoms with Gasteiger partial charge in [-0.25, -0.2) is 14.4 Å². The highest BCUT2D eigenvalue weighted by Crippen LogP contribution is 2.32. The number of amides is 1. The van der Waals surface area contributed by atoms with Gasteiger partial charge in [0.05, 0.1) is 24.0 Å². The number of carbonyl (C=O) groups excluding carboxylic acids is 1. The molecule has 7 nitrogen and oxygen atoms in total. The molecule has 2 aromatic carbocycles. The van der Waals surface area contributed by atoms with Crippen molar-refractivity contribution in [3.63, 3.8) is 0 Å². The van der Waals surface area contributed by atoms with Crippen LogP contribution in [0.15, 0.2) is 65.6 Å². The third kappa shape index (κ3) is 7.02. The van der Waals surface area contributed by atoms with Crippen LogP contribution < -0.4 is 9.46 Å². The summed E-state index contributed by atoms with van der Waals surface area (Å²) in [7, 11) is 0. The van der Waals surface area contributed by atoms with E-state index in [1.807, 2.05) is 50.2 Å². The van der Waals surface area contributed by atoms with Crippen LogP contribution in [0.2, 0.25) is 5.15 Å². The smallest absolute Gasteiger partial charge is 0.254 e. The molecular formula is C32H33ClFN5O2S. The van der Waals surface area contributed by atoms with Crippen LogP contribution in [0, 0.1) is 25.1 Å². The summed E-state index contributed by atoms with van der Waals surface area (Å²) >= 11 is 7.42. The minimum Gasteiger partial charge on any atom is -0.475 e. The van der Waals surface area contributed by atoms with Crippen LogP contribution in [-0.2, 0) is 6.54 Å². The molecule has 0 aliphatic carbocycles. The SMILES string of the molecule is Cc1cccc(C)c1-c1cc2nc(n1)NSc1cccc(c1)C(=O)N(Cc1nc(Cl)ccc1F)[C@H](CC(C)(C)C)CO2. The van der Waals surface area contributed by atoms with Crippen molar-refractivity contribution >= 4 is 35.4 Å². The number of hydrogen-bond acceptors (Lipinski definition) is 7. The zero-order chi connectivity index (χ0) is 30.0. The topological polar surface area (TPSA) is 80.2 Å². The molecule has 0 unspecified atom stereocenters. The Balaban J connectivity index is 1.62. The van der Waals surface area contributed by atoms with Gasteiger partial charge in [-0.3, -0.25) is 9.52 Å². The van der Waals surface area contributed by atoms with E-state index < -0.39 is 11.9 Å². The molecule has 218 valence electrons. The summed E-state index contributed by atoms with van der Waals surface area (Å²) in [5.74, 6) is -0.0295. The van der Waals surface area contributed by atoms with E-state index in [1.54, 1.807) is 17.0 Å². The molecule has 2 aromatic heterocycles. The average Bonchev–Trinajstić information content (AvgIpc) is 2.93. The Kier molecular flexibility index (Phi) is 8.70. The number of nitrogens with one attached hydrogen (secondary N) is 1. The highest BCUT2D eigenvalue weighted by atomic mass is 35.5. The first-order valence-electron chi connectivity index (χ1n) is 13.7. The van der Waals surface area contributed by atoms with Crippen molar-refractivity contribution in [3.8, 4) is 17.1 Å². The van der Waals surface area contributed by atoms with E-state index >= 15 is 0 Å². The molecule has 4 bridgehead atoms. The van der Waals surface area contributed by atoms with Crippen LogP contribution in [-0.4, -0.2) is 38.4 Å². The molecule has 3 heterocycles. The molecule has 1 aliphatic rings. The normalized spacial score (nSPS) is 15.6. The molecule has 1 atom stereocenters. The third-order valence-corrected chi connectivity index (χ3v) is 7.94. The number of pyridine rings is 1. The summed E-state index contributed by atoms with van der Waals surface area (Å²) in [5, 5.41) is 0.158. The Labute approximate surface area is 255 Å². The molecule has 5 rings (SSSR count). The van der Waals surface area contributed by atoms with E-state index in [1.165, 1.54) is 24.1 Å². The Morgan fingerprint density at radius 3 is 2.52 bits per heavy atom. The van der Waals surface area contributed by atoms with Gasteiger partial charge in [0.25, 0.3) is 5.91 Å². The Morgan fingerprint density at radius 2 is 1.79 bits per heavy atom. The molecular weight excluding hydrogens is 573 g/mol. The lowest BCUT2D eigenvalue weighted by Crippen LogP contribution is -2.45. The predicted octanol–water partition coefficient (Wildman–Crippen LogP) is 7.91. The molecule has 0 fully saturated rings. The van der Waals surface area contributed by atoms with Crippen molar-refractivity contribution in [2.24, 2.45) is 5.41 Å². The Hall–Kier alpha value is -3.69. The highest BCUT2D eigenvalue weighted by molar-refractivity contribution is 8.00. The third-order valence-electron chi connectivity index (χ3n) is 6.96. The quantitative estimate of drug-likeness (QED) is 0.187. The molecule has 10 heteroatoms. The van der Waals surface area contributed by atoms with Crippen LogP contribution >= 0.6 is 23.5 Å². The van der Waals surface area contributed by atoms with Gasteiger partial charge in [-0.2, -0.15) is 4.98 Å². The fourth-order valence-corrected chi connectivity index (χ4v) is 5.90. The largest absolute Gasteiger partial charge is 0.475 e. The maximum absolute atomic E-state index is 14.9. The van der Waals surface area contributed by atoms with E-state index in [2.05, 4.69) is 35.5 Å². The van der Waals surface area contributed by atoms with Crippen LogP contribution in [0.1, 0.15) is 54.4 Å². The van der Waals surface area contributed by atoms with Crippen LogP contribution in [0.5, 0.6) is 5.88 Å². The number of aromatic nitrogens is 3. The van der Waals surface area contributed by atoms with E-state index in [4.69, 9.17) is 21.3 Å². The molecule has 1 amide bonds. The first-order chi connectivity index (χ1) is 20.0. The second kappa shape index (κ2) is 12.3. The first kappa shape index (κ1) is 29.8. The number of hydrogen-bond donors (Lipinski definition) is 1. The van der Waals surface area contributed by atoms with Crippen LogP contribution in [0.25, 0.3) is 11.3 Å². The fraction of sp³-hybridized carbons (Fsp3) is 0.312. The van der Waals surface area contributed by atoms with Crippen molar-refractivity contribution < 1.29 is 13.9 Å². The van der Waals surface area contributed by atoms with E-state index in [0.29, 0.717) is 23.8 Å². The number of aryl methyl sites for hydroxylation is 2. The fourth-order valence-electron chi connectivity index (χ4n) is 5.10. The maximum atomic E-state index is 14.9. The molecule has 0 saturated carbocycles. The van der Waals surface area contributed by atoms with Gasteiger partial charge in [-0.1, -0.05) is 56.6 Å². The first-order valence-corrected chi connectivity index (χ1v) is 14.9. The van der Waals surface area contributed by atoms with E-state index in [-0.39, 0.29) is 35.3 Å². The van der Waals surface area contributed by atoms with Gasteiger partial charge in [-0.15, -0.1) is 0 Å². The van der Waals surface area contributed by atoms with E-state index in [0.717, 1.165) is 27.3 Å². The number of benzene rings is 2. The van der Waals surface area contributed by atoms with Gasteiger partial charge in [0.2, 0.25) is 11.8 Å². The molecule has 0 saturated heterocycles. The average molecular weight is 606 g/mol. The number of ether oxygens (including phenoxy) is 1.